The van der Waals surface area contributed by atoms with Gasteiger partial charge in [-0.15, -0.1) is 0 Å². The van der Waals surface area contributed by atoms with Gasteiger partial charge in [-0.2, -0.15) is 0 Å². The molecule has 0 spiro atoms. The Morgan fingerprint density at radius 3 is 2.67 bits per heavy atom. The second-order valence-electron chi connectivity index (χ2n) is 4.31. The highest BCUT2D eigenvalue weighted by Crippen LogP contribution is 2.16. The Labute approximate surface area is 92.2 Å². The van der Waals surface area contributed by atoms with Gasteiger partial charge in [0.05, 0.1) is 13.5 Å². The van der Waals surface area contributed by atoms with Gasteiger partial charge in [-0.05, 0) is 20.5 Å². The Kier molecular flexibility index (Phi) is 4.54. The number of nitrogens with zero attached hydrogens (tertiary/aromatic N) is 2. The predicted octanol–water partition coefficient (Wildman–Crippen LogP) is 0.574. The first kappa shape index (κ1) is 12.5. The molecule has 1 rings (SSSR count). The van der Waals surface area contributed by atoms with E-state index in [1.54, 1.807) is 0 Å². The van der Waals surface area contributed by atoms with E-state index in [0.717, 1.165) is 19.6 Å². The van der Waals surface area contributed by atoms with E-state index in [2.05, 4.69) is 30.7 Å². The molecular formula is C11H22N2O2. The third-order valence-corrected chi connectivity index (χ3v) is 3.30. The minimum atomic E-state index is -0.110. The third kappa shape index (κ3) is 3.18. The molecular weight excluding hydrogens is 192 g/mol. The zero-order valence-corrected chi connectivity index (χ0v) is 10.2. The first-order chi connectivity index (χ1) is 7.08. The Morgan fingerprint density at radius 1 is 1.47 bits per heavy atom. The van der Waals surface area contributed by atoms with Crippen LogP contribution in [0.3, 0.4) is 0 Å². The molecule has 0 radical (unpaired) electrons. The van der Waals surface area contributed by atoms with Gasteiger partial charge in [0.25, 0.3) is 0 Å². The monoisotopic (exact) mass is 214 g/mol. The molecule has 2 unspecified atom stereocenters. The van der Waals surface area contributed by atoms with Crippen LogP contribution in [0, 0.1) is 0 Å². The maximum absolute atomic E-state index is 11.3. The van der Waals surface area contributed by atoms with Gasteiger partial charge in [0.15, 0.2) is 0 Å². The molecule has 0 bridgehead atoms. The van der Waals surface area contributed by atoms with Crippen LogP contribution in [0.2, 0.25) is 0 Å². The van der Waals surface area contributed by atoms with Gasteiger partial charge in [-0.25, -0.2) is 0 Å². The number of hydrogen-bond donors (Lipinski definition) is 0. The Hall–Kier alpha value is -0.610. The van der Waals surface area contributed by atoms with Crippen molar-refractivity contribution in [1.29, 1.82) is 0 Å². The van der Waals surface area contributed by atoms with Crippen molar-refractivity contribution in [1.82, 2.24) is 9.80 Å². The molecule has 1 heterocycles. The van der Waals surface area contributed by atoms with Crippen molar-refractivity contribution >= 4 is 5.97 Å². The van der Waals surface area contributed by atoms with Crippen molar-refractivity contribution in [2.24, 2.45) is 0 Å². The number of hydrogen-bond acceptors (Lipinski definition) is 4. The van der Waals surface area contributed by atoms with Crippen molar-refractivity contribution in [2.45, 2.75) is 32.4 Å². The fourth-order valence-corrected chi connectivity index (χ4v) is 2.11. The van der Waals surface area contributed by atoms with Gasteiger partial charge in [0, 0.05) is 25.2 Å². The van der Waals surface area contributed by atoms with Gasteiger partial charge >= 0.3 is 5.97 Å². The summed E-state index contributed by atoms with van der Waals surface area (Å²) < 4.78 is 4.72. The number of methoxy groups -OCH3 is 1. The summed E-state index contributed by atoms with van der Waals surface area (Å²) in [7, 11) is 3.57. The standard InChI is InChI=1S/C11H22N2O2/c1-5-13-7-9(2)12(3)8-10(13)6-11(14)15-4/h9-10H,5-8H2,1-4H3. The second-order valence-corrected chi connectivity index (χ2v) is 4.31. The molecule has 0 aromatic rings. The molecule has 0 aromatic carbocycles. The van der Waals surface area contributed by atoms with Crippen LogP contribution in [0.5, 0.6) is 0 Å². The number of likely N-dealkylation sites (N-methyl/N-ethyl adjacent to an activating group) is 2. The van der Waals surface area contributed by atoms with E-state index in [9.17, 15) is 4.79 Å². The van der Waals surface area contributed by atoms with Crippen LogP contribution in [0.15, 0.2) is 0 Å². The van der Waals surface area contributed by atoms with Crippen LogP contribution < -0.4 is 0 Å². The van der Waals surface area contributed by atoms with E-state index in [-0.39, 0.29) is 5.97 Å². The number of ether oxygens (including phenoxy) is 1. The molecule has 4 heteroatoms. The van der Waals surface area contributed by atoms with Crippen LogP contribution >= 0.6 is 0 Å². The molecule has 0 N–H and O–H groups in total. The number of carbonyl (C=O) groups is 1. The Balaban J connectivity index is 2.56. The molecule has 0 amide bonds. The number of esters is 1. The van der Waals surface area contributed by atoms with Gasteiger partial charge < -0.3 is 9.64 Å². The van der Waals surface area contributed by atoms with Crippen LogP contribution in [0.1, 0.15) is 20.3 Å². The lowest BCUT2D eigenvalue weighted by atomic mass is 10.1. The topological polar surface area (TPSA) is 32.8 Å². The van der Waals surface area contributed by atoms with Crippen molar-refractivity contribution < 1.29 is 9.53 Å². The normalized spacial score (nSPS) is 29.1. The predicted molar refractivity (Wildman–Crippen MR) is 59.8 cm³/mol. The maximum atomic E-state index is 11.3. The minimum absolute atomic E-state index is 0.110. The molecule has 0 aliphatic carbocycles. The highest BCUT2D eigenvalue weighted by molar-refractivity contribution is 5.70. The summed E-state index contributed by atoms with van der Waals surface area (Å²) in [6.45, 7) is 7.35. The average molecular weight is 214 g/mol. The fraction of sp³-hybridized carbons (Fsp3) is 0.909. The van der Waals surface area contributed by atoms with Crippen LogP contribution in [0.25, 0.3) is 0 Å². The largest absolute Gasteiger partial charge is 0.469 e. The van der Waals surface area contributed by atoms with Crippen LogP contribution in [0.4, 0.5) is 0 Å². The van der Waals surface area contributed by atoms with Crippen LogP contribution in [-0.2, 0) is 9.53 Å². The summed E-state index contributed by atoms with van der Waals surface area (Å²) in [5, 5.41) is 0. The highest BCUT2D eigenvalue weighted by Gasteiger charge is 2.30. The molecule has 0 saturated carbocycles. The van der Waals surface area contributed by atoms with Gasteiger partial charge in [0.2, 0.25) is 0 Å². The molecule has 0 aromatic heterocycles. The summed E-state index contributed by atoms with van der Waals surface area (Å²) in [6.07, 6.45) is 0.501. The van der Waals surface area contributed by atoms with E-state index in [4.69, 9.17) is 4.74 Å². The Morgan fingerprint density at radius 2 is 2.13 bits per heavy atom. The molecule has 1 aliphatic rings. The van der Waals surface area contributed by atoms with Crippen molar-refractivity contribution in [2.75, 3.05) is 33.8 Å². The first-order valence-corrected chi connectivity index (χ1v) is 5.59. The lowest BCUT2D eigenvalue weighted by Gasteiger charge is -2.43. The van der Waals surface area contributed by atoms with E-state index >= 15 is 0 Å². The molecule has 4 nitrogen and oxygen atoms in total. The summed E-state index contributed by atoms with van der Waals surface area (Å²) in [4.78, 5) is 15.9. The SMILES string of the molecule is CCN1CC(C)N(C)CC1CC(=O)OC. The van der Waals surface area contributed by atoms with Gasteiger partial charge in [-0.1, -0.05) is 6.92 Å². The Bertz CT molecular complexity index is 221. The molecule has 2 atom stereocenters. The quantitative estimate of drug-likeness (QED) is 0.643. The zero-order chi connectivity index (χ0) is 11.4. The number of carbonyl (C=O) groups excluding carboxylic acids is 1. The van der Waals surface area contributed by atoms with E-state index in [0.29, 0.717) is 18.5 Å². The van der Waals surface area contributed by atoms with E-state index in [1.165, 1.54) is 7.11 Å². The summed E-state index contributed by atoms with van der Waals surface area (Å²) in [5.41, 5.74) is 0. The van der Waals surface area contributed by atoms with E-state index < -0.39 is 0 Å². The van der Waals surface area contributed by atoms with Crippen molar-refractivity contribution in [3.05, 3.63) is 0 Å². The van der Waals surface area contributed by atoms with Crippen molar-refractivity contribution in [3.63, 3.8) is 0 Å². The first-order valence-electron chi connectivity index (χ1n) is 5.59. The highest BCUT2D eigenvalue weighted by atomic mass is 16.5. The summed E-state index contributed by atoms with van der Waals surface area (Å²) in [6, 6.07) is 0.877. The molecule has 15 heavy (non-hydrogen) atoms. The summed E-state index contributed by atoms with van der Waals surface area (Å²) >= 11 is 0. The lowest BCUT2D eigenvalue weighted by molar-refractivity contribution is -0.142. The summed E-state index contributed by atoms with van der Waals surface area (Å²) in [5.74, 6) is -0.110. The fourth-order valence-electron chi connectivity index (χ4n) is 2.11. The number of rotatable bonds is 3. The molecule has 1 fully saturated rings. The second kappa shape index (κ2) is 5.47. The van der Waals surface area contributed by atoms with E-state index in [1.807, 2.05) is 0 Å². The molecule has 88 valence electrons. The molecule has 1 aliphatic heterocycles. The number of piperazine rings is 1. The van der Waals surface area contributed by atoms with Crippen LogP contribution in [-0.4, -0.2) is 61.6 Å². The van der Waals surface area contributed by atoms with Gasteiger partial charge in [0.1, 0.15) is 0 Å². The maximum Gasteiger partial charge on any atom is 0.307 e. The average Bonchev–Trinajstić information content (AvgIpc) is 2.22. The zero-order valence-electron chi connectivity index (χ0n) is 10.2. The third-order valence-electron chi connectivity index (χ3n) is 3.30. The van der Waals surface area contributed by atoms with Crippen molar-refractivity contribution in [3.8, 4) is 0 Å². The van der Waals surface area contributed by atoms with Gasteiger partial charge in [-0.3, -0.25) is 9.69 Å². The molecule has 1 saturated heterocycles. The smallest absolute Gasteiger partial charge is 0.307 e. The minimum Gasteiger partial charge on any atom is -0.469 e. The lowest BCUT2D eigenvalue weighted by Crippen LogP contribution is -2.56.